The summed E-state index contributed by atoms with van der Waals surface area (Å²) in [6.45, 7) is 1.05. The maximum Gasteiger partial charge on any atom is 0.315 e. The summed E-state index contributed by atoms with van der Waals surface area (Å²) < 4.78 is 0. The first-order valence-corrected chi connectivity index (χ1v) is 9.23. The molecule has 1 heterocycles. The zero-order chi connectivity index (χ0) is 19.4. The molecule has 1 aliphatic heterocycles. The van der Waals surface area contributed by atoms with Crippen molar-refractivity contribution in [3.05, 3.63) is 63.6 Å². The molecular weight excluding hydrogens is 389 g/mol. The highest BCUT2D eigenvalue weighted by Gasteiger charge is 2.25. The molecule has 1 aliphatic rings. The number of carbonyl (C=O) groups excluding carboxylic acids is 2. The smallest absolute Gasteiger partial charge is 0.315 e. The molecule has 2 aromatic rings. The number of aliphatic hydroxyl groups excluding tert-OH is 1. The van der Waals surface area contributed by atoms with Crippen molar-refractivity contribution in [3.63, 3.8) is 0 Å². The number of aliphatic hydroxyl groups is 1. The number of carbonyl (C=O) groups is 2. The number of nitrogens with one attached hydrogen (secondary N) is 2. The lowest BCUT2D eigenvalue weighted by molar-refractivity contribution is -0.122. The minimum atomic E-state index is -0.923. The Balaban J connectivity index is 1.48. The van der Waals surface area contributed by atoms with Gasteiger partial charge in [0.2, 0.25) is 5.91 Å². The van der Waals surface area contributed by atoms with E-state index in [-0.39, 0.29) is 12.5 Å². The molecule has 0 saturated carbocycles. The van der Waals surface area contributed by atoms with E-state index in [0.29, 0.717) is 28.6 Å². The fraction of sp³-hybridized carbons (Fsp3) is 0.263. The van der Waals surface area contributed by atoms with Gasteiger partial charge in [-0.05, 0) is 41.5 Å². The third-order valence-electron chi connectivity index (χ3n) is 4.25. The van der Waals surface area contributed by atoms with E-state index in [9.17, 15) is 14.7 Å². The second-order valence-corrected chi connectivity index (χ2v) is 7.12. The van der Waals surface area contributed by atoms with Gasteiger partial charge in [0, 0.05) is 41.8 Å². The van der Waals surface area contributed by atoms with Crippen molar-refractivity contribution >= 4 is 40.8 Å². The van der Waals surface area contributed by atoms with Crippen molar-refractivity contribution in [1.82, 2.24) is 10.6 Å². The van der Waals surface area contributed by atoms with E-state index in [0.717, 1.165) is 17.8 Å². The molecule has 3 N–H and O–H groups in total. The first-order chi connectivity index (χ1) is 12.9. The summed E-state index contributed by atoms with van der Waals surface area (Å²) in [6.07, 6.45) is -0.349. The lowest BCUT2D eigenvalue weighted by Gasteiger charge is -2.30. The van der Waals surface area contributed by atoms with Crippen LogP contribution in [-0.4, -0.2) is 30.1 Å². The number of β-lactam (4-membered cyclic amide) rings is 1. The predicted molar refractivity (Wildman–Crippen MR) is 105 cm³/mol. The Bertz CT molecular complexity index is 840. The van der Waals surface area contributed by atoms with Gasteiger partial charge < -0.3 is 20.6 Å². The summed E-state index contributed by atoms with van der Waals surface area (Å²) in [5.41, 5.74) is 2.24. The average Bonchev–Trinajstić information content (AvgIpc) is 2.62. The molecule has 6 nitrogen and oxygen atoms in total. The molecular formula is C19H19Cl2N3O3. The number of benzene rings is 2. The second-order valence-electron chi connectivity index (χ2n) is 6.25. The summed E-state index contributed by atoms with van der Waals surface area (Å²) in [7, 11) is 0. The lowest BCUT2D eigenvalue weighted by atomic mass is 10.1. The van der Waals surface area contributed by atoms with Crippen molar-refractivity contribution in [2.45, 2.75) is 19.1 Å². The van der Waals surface area contributed by atoms with E-state index in [1.165, 1.54) is 0 Å². The van der Waals surface area contributed by atoms with Crippen molar-refractivity contribution in [3.8, 4) is 0 Å². The van der Waals surface area contributed by atoms with Crippen LogP contribution in [0.3, 0.4) is 0 Å². The SMILES string of the molecule is O=C(NCc1cccc(N2CCC2=O)c1)NCC(O)c1cc(Cl)cc(Cl)c1. The summed E-state index contributed by atoms with van der Waals surface area (Å²) >= 11 is 11.8. The Labute approximate surface area is 167 Å². The molecule has 1 atom stereocenters. The van der Waals surface area contributed by atoms with Gasteiger partial charge in [-0.2, -0.15) is 0 Å². The molecule has 142 valence electrons. The van der Waals surface area contributed by atoms with E-state index < -0.39 is 12.1 Å². The summed E-state index contributed by atoms with van der Waals surface area (Å²) in [5.74, 6) is 0.105. The Morgan fingerprint density at radius 3 is 2.52 bits per heavy atom. The van der Waals surface area contributed by atoms with E-state index in [4.69, 9.17) is 23.2 Å². The Morgan fingerprint density at radius 1 is 1.15 bits per heavy atom. The van der Waals surface area contributed by atoms with E-state index in [1.807, 2.05) is 24.3 Å². The van der Waals surface area contributed by atoms with Crippen molar-refractivity contribution < 1.29 is 14.7 Å². The largest absolute Gasteiger partial charge is 0.387 e. The van der Waals surface area contributed by atoms with Gasteiger partial charge in [-0.1, -0.05) is 35.3 Å². The van der Waals surface area contributed by atoms with Crippen LogP contribution in [0.1, 0.15) is 23.7 Å². The Kier molecular flexibility index (Phi) is 6.21. The van der Waals surface area contributed by atoms with Crippen LogP contribution in [0.5, 0.6) is 0 Å². The van der Waals surface area contributed by atoms with Crippen LogP contribution in [0.25, 0.3) is 0 Å². The number of hydrogen-bond donors (Lipinski definition) is 3. The van der Waals surface area contributed by atoms with Gasteiger partial charge in [-0.15, -0.1) is 0 Å². The van der Waals surface area contributed by atoms with Gasteiger partial charge in [0.25, 0.3) is 0 Å². The van der Waals surface area contributed by atoms with Crippen LogP contribution in [0.15, 0.2) is 42.5 Å². The molecule has 2 aromatic carbocycles. The monoisotopic (exact) mass is 407 g/mol. The third kappa shape index (κ3) is 5.13. The molecule has 1 unspecified atom stereocenters. The van der Waals surface area contributed by atoms with E-state index in [1.54, 1.807) is 23.1 Å². The van der Waals surface area contributed by atoms with E-state index in [2.05, 4.69) is 10.6 Å². The molecule has 0 radical (unpaired) electrons. The molecule has 1 fully saturated rings. The molecule has 1 saturated heterocycles. The van der Waals surface area contributed by atoms with Gasteiger partial charge in [0.05, 0.1) is 6.10 Å². The predicted octanol–water partition coefficient (Wildman–Crippen LogP) is 3.26. The molecule has 3 rings (SSSR count). The Hall–Kier alpha value is -2.28. The van der Waals surface area contributed by atoms with Crippen LogP contribution in [0, 0.1) is 0 Å². The van der Waals surface area contributed by atoms with Crippen LogP contribution in [-0.2, 0) is 11.3 Å². The van der Waals surface area contributed by atoms with Crippen LogP contribution < -0.4 is 15.5 Å². The lowest BCUT2D eigenvalue weighted by Crippen LogP contribution is -2.43. The quantitative estimate of drug-likeness (QED) is 0.642. The highest BCUT2D eigenvalue weighted by Crippen LogP contribution is 2.24. The number of hydrogen-bond acceptors (Lipinski definition) is 3. The normalized spacial score (nSPS) is 14.5. The molecule has 0 spiro atoms. The van der Waals surface area contributed by atoms with Crippen LogP contribution in [0.2, 0.25) is 10.0 Å². The van der Waals surface area contributed by atoms with Gasteiger partial charge in [0.15, 0.2) is 0 Å². The minimum Gasteiger partial charge on any atom is -0.387 e. The van der Waals surface area contributed by atoms with Gasteiger partial charge in [-0.3, -0.25) is 4.79 Å². The van der Waals surface area contributed by atoms with Gasteiger partial charge >= 0.3 is 6.03 Å². The number of anilines is 1. The first kappa shape index (κ1) is 19.5. The van der Waals surface area contributed by atoms with Crippen molar-refractivity contribution in [1.29, 1.82) is 0 Å². The molecule has 8 heteroatoms. The Morgan fingerprint density at radius 2 is 1.89 bits per heavy atom. The maximum absolute atomic E-state index is 12.0. The molecule has 27 heavy (non-hydrogen) atoms. The van der Waals surface area contributed by atoms with Gasteiger partial charge in [0.1, 0.15) is 0 Å². The maximum atomic E-state index is 12.0. The fourth-order valence-corrected chi connectivity index (χ4v) is 3.28. The van der Waals surface area contributed by atoms with Crippen LogP contribution in [0.4, 0.5) is 10.5 Å². The topological polar surface area (TPSA) is 81.7 Å². The third-order valence-corrected chi connectivity index (χ3v) is 4.69. The average molecular weight is 408 g/mol. The zero-order valence-electron chi connectivity index (χ0n) is 14.4. The molecule has 0 bridgehead atoms. The zero-order valence-corrected chi connectivity index (χ0v) is 15.9. The number of rotatable bonds is 6. The highest BCUT2D eigenvalue weighted by molar-refractivity contribution is 6.34. The number of amides is 3. The summed E-state index contributed by atoms with van der Waals surface area (Å²) in [6, 6.07) is 11.8. The highest BCUT2D eigenvalue weighted by atomic mass is 35.5. The van der Waals surface area contributed by atoms with Crippen molar-refractivity contribution in [2.75, 3.05) is 18.0 Å². The molecule has 3 amide bonds. The number of halogens is 2. The van der Waals surface area contributed by atoms with Gasteiger partial charge in [-0.25, -0.2) is 4.79 Å². The second kappa shape index (κ2) is 8.61. The standard InChI is InChI=1S/C19H19Cl2N3O3/c20-14-7-13(8-15(21)9-14)17(25)11-23-19(27)22-10-12-2-1-3-16(6-12)24-5-4-18(24)26/h1-3,6-9,17,25H,4-5,10-11H2,(H2,22,23,27). The number of urea groups is 1. The molecule has 0 aliphatic carbocycles. The van der Waals surface area contributed by atoms with Crippen LogP contribution >= 0.6 is 23.2 Å². The summed E-state index contributed by atoms with van der Waals surface area (Å²) in [4.78, 5) is 25.2. The minimum absolute atomic E-state index is 0.0187. The van der Waals surface area contributed by atoms with Crippen molar-refractivity contribution in [2.24, 2.45) is 0 Å². The fourth-order valence-electron chi connectivity index (χ4n) is 2.74. The summed E-state index contributed by atoms with van der Waals surface area (Å²) in [5, 5.41) is 16.3. The first-order valence-electron chi connectivity index (χ1n) is 8.47. The van der Waals surface area contributed by atoms with E-state index >= 15 is 0 Å². The number of nitrogens with zero attached hydrogens (tertiary/aromatic N) is 1. The molecule has 0 aromatic heterocycles.